The molecule has 0 N–H and O–H groups in total. The third kappa shape index (κ3) is 3.84. The topological polar surface area (TPSA) is 63.7 Å². The van der Waals surface area contributed by atoms with Gasteiger partial charge in [-0.05, 0) is 67.2 Å². The highest BCUT2D eigenvalue weighted by atomic mass is 32.2. The lowest BCUT2D eigenvalue weighted by molar-refractivity contribution is 0.0758. The van der Waals surface area contributed by atoms with E-state index < -0.39 is 24.2 Å². The molecule has 5 nitrogen and oxygen atoms in total. The van der Waals surface area contributed by atoms with Crippen molar-refractivity contribution in [2.24, 2.45) is 0 Å². The van der Waals surface area contributed by atoms with Gasteiger partial charge in [-0.15, -0.1) is 0 Å². The van der Waals surface area contributed by atoms with Crippen LogP contribution in [0.1, 0.15) is 60.2 Å². The summed E-state index contributed by atoms with van der Waals surface area (Å²) in [6, 6.07) is 12.4. The van der Waals surface area contributed by atoms with Crippen molar-refractivity contribution in [2.75, 3.05) is 6.54 Å². The number of rotatable bonds is 4. The number of hydrogen-bond acceptors (Lipinski definition) is 4. The van der Waals surface area contributed by atoms with Gasteiger partial charge in [0.1, 0.15) is 0 Å². The Bertz CT molecular complexity index is 1150. The van der Waals surface area contributed by atoms with Crippen LogP contribution in [0.5, 0.6) is 0 Å². The van der Waals surface area contributed by atoms with Crippen molar-refractivity contribution in [1.82, 2.24) is 4.31 Å². The third-order valence-electron chi connectivity index (χ3n) is 7.39. The quantitative estimate of drug-likeness (QED) is 0.571. The molecule has 32 heavy (non-hydrogen) atoms. The molecule has 0 spiro atoms. The molecule has 1 heterocycles. The van der Waals surface area contributed by atoms with Crippen molar-refractivity contribution < 1.29 is 17.6 Å². The fraction of sp³-hybridized carbons (Fsp3) is 0.480. The van der Waals surface area contributed by atoms with Crippen LogP contribution < -0.4 is 0 Å². The predicted octanol–water partition coefficient (Wildman–Crippen LogP) is 5.26. The van der Waals surface area contributed by atoms with Crippen LogP contribution >= 0.6 is 0 Å². The van der Waals surface area contributed by atoms with Gasteiger partial charge < -0.3 is 4.43 Å². The Kier molecular flexibility index (Phi) is 5.67. The molecule has 0 aromatic heterocycles. The maximum atomic E-state index is 13.5. The zero-order chi connectivity index (χ0) is 23.5. The lowest BCUT2D eigenvalue weighted by atomic mass is 9.76. The van der Waals surface area contributed by atoms with Crippen molar-refractivity contribution in [3.05, 3.63) is 64.7 Å². The first-order chi connectivity index (χ1) is 14.8. The Morgan fingerprint density at radius 3 is 2.34 bits per heavy atom. The lowest BCUT2D eigenvalue weighted by Gasteiger charge is -2.46. The molecule has 0 fully saturated rings. The molecule has 1 amide bonds. The second kappa shape index (κ2) is 7.82. The van der Waals surface area contributed by atoms with Gasteiger partial charge in [-0.2, -0.15) is 0 Å². The molecule has 0 saturated carbocycles. The van der Waals surface area contributed by atoms with Gasteiger partial charge in [0.2, 0.25) is 0 Å². The number of aryl methyl sites for hydroxylation is 2. The molecule has 172 valence electrons. The summed E-state index contributed by atoms with van der Waals surface area (Å²) in [6.07, 6.45) is 1.57. The number of sulfonamides is 1. The summed E-state index contributed by atoms with van der Waals surface area (Å²) in [6.45, 7) is 13.1. The van der Waals surface area contributed by atoms with E-state index in [0.717, 1.165) is 33.8 Å². The average Bonchev–Trinajstić information content (AvgIpc) is 2.71. The van der Waals surface area contributed by atoms with Crippen LogP contribution in [0.25, 0.3) is 0 Å². The van der Waals surface area contributed by atoms with E-state index in [9.17, 15) is 13.2 Å². The first-order valence-corrected chi connectivity index (χ1v) is 15.6. The standard InChI is InChI=1S/C25H33NO4SSi/c1-17-10-13-19(14-11-17)31(28,29)26-16-21-22(30-32(5,6)25(2,3)4)15-12-18-8-7-9-20(23(18)21)24(26)27/h7-11,13-14,21-22H,12,15-16H2,1-6H3/t21-,22+/m0/s1. The van der Waals surface area contributed by atoms with E-state index in [0.29, 0.717) is 5.56 Å². The Balaban J connectivity index is 1.77. The molecular formula is C25H33NO4SSi. The van der Waals surface area contributed by atoms with Crippen molar-refractivity contribution in [2.45, 2.75) is 75.6 Å². The summed E-state index contributed by atoms with van der Waals surface area (Å²) < 4.78 is 34.9. The molecule has 4 rings (SSSR count). The molecule has 2 aliphatic rings. The highest BCUT2D eigenvalue weighted by Gasteiger charge is 2.47. The molecule has 2 aromatic rings. The van der Waals surface area contributed by atoms with E-state index in [1.165, 1.54) is 0 Å². The minimum atomic E-state index is -3.96. The Morgan fingerprint density at radius 1 is 1.06 bits per heavy atom. The molecule has 0 unspecified atom stereocenters. The van der Waals surface area contributed by atoms with Crippen LogP contribution in [0.3, 0.4) is 0 Å². The van der Waals surface area contributed by atoms with Crippen LogP contribution in [0.15, 0.2) is 47.4 Å². The summed E-state index contributed by atoms with van der Waals surface area (Å²) in [4.78, 5) is 13.6. The molecule has 0 saturated heterocycles. The molecule has 0 radical (unpaired) electrons. The molecule has 2 atom stereocenters. The average molecular weight is 472 g/mol. The smallest absolute Gasteiger partial charge is 0.267 e. The summed E-state index contributed by atoms with van der Waals surface area (Å²) in [5, 5.41) is 0.0466. The zero-order valence-electron chi connectivity index (χ0n) is 19.8. The zero-order valence-corrected chi connectivity index (χ0v) is 21.6. The highest BCUT2D eigenvalue weighted by molar-refractivity contribution is 7.89. The van der Waals surface area contributed by atoms with E-state index in [2.05, 4.69) is 39.9 Å². The monoisotopic (exact) mass is 471 g/mol. The number of benzene rings is 2. The second-order valence-corrected chi connectivity index (χ2v) is 17.2. The summed E-state index contributed by atoms with van der Waals surface area (Å²) >= 11 is 0. The Morgan fingerprint density at radius 2 is 1.72 bits per heavy atom. The number of carbonyl (C=O) groups is 1. The molecule has 2 aromatic carbocycles. The fourth-order valence-electron chi connectivity index (χ4n) is 4.49. The molecular weight excluding hydrogens is 438 g/mol. The fourth-order valence-corrected chi connectivity index (χ4v) is 7.29. The summed E-state index contributed by atoms with van der Waals surface area (Å²) in [7, 11) is -6.03. The van der Waals surface area contributed by atoms with Crippen molar-refractivity contribution >= 4 is 24.2 Å². The van der Waals surface area contributed by atoms with Crippen LogP contribution in [0.2, 0.25) is 18.1 Å². The van der Waals surface area contributed by atoms with Gasteiger partial charge in [-0.25, -0.2) is 12.7 Å². The summed E-state index contributed by atoms with van der Waals surface area (Å²) in [5.74, 6) is -0.589. The largest absolute Gasteiger partial charge is 0.413 e. The SMILES string of the molecule is Cc1ccc(S(=O)(=O)N2C[C@@H]3c4c(cccc4C2=O)CC[C@H]3O[Si](C)(C)C(C)(C)C)cc1. The van der Waals surface area contributed by atoms with Gasteiger partial charge in [0, 0.05) is 18.0 Å². The molecule has 7 heteroatoms. The highest BCUT2D eigenvalue weighted by Crippen LogP contribution is 2.45. The van der Waals surface area contributed by atoms with E-state index >= 15 is 0 Å². The molecule has 1 aliphatic heterocycles. The van der Waals surface area contributed by atoms with Gasteiger partial charge in [0.15, 0.2) is 8.32 Å². The second-order valence-electron chi connectivity index (χ2n) is 10.6. The lowest BCUT2D eigenvalue weighted by Crippen LogP contribution is -2.52. The van der Waals surface area contributed by atoms with Gasteiger partial charge in [-0.1, -0.05) is 50.6 Å². The first kappa shape index (κ1) is 23.2. The number of carbonyl (C=O) groups excluding carboxylic acids is 1. The van der Waals surface area contributed by atoms with E-state index in [-0.39, 0.29) is 28.5 Å². The van der Waals surface area contributed by atoms with Crippen molar-refractivity contribution in [1.29, 1.82) is 0 Å². The number of hydrogen-bond donors (Lipinski definition) is 0. The maximum Gasteiger partial charge on any atom is 0.267 e. The van der Waals surface area contributed by atoms with Gasteiger partial charge in [-0.3, -0.25) is 4.79 Å². The normalized spacial score (nSPS) is 21.4. The number of nitrogens with zero attached hydrogens (tertiary/aromatic N) is 1. The van der Waals surface area contributed by atoms with Crippen LogP contribution in [0, 0.1) is 6.92 Å². The van der Waals surface area contributed by atoms with Gasteiger partial charge >= 0.3 is 0 Å². The van der Waals surface area contributed by atoms with Crippen molar-refractivity contribution in [3.63, 3.8) is 0 Å². The van der Waals surface area contributed by atoms with Gasteiger partial charge in [0.25, 0.3) is 15.9 Å². The van der Waals surface area contributed by atoms with E-state index in [1.807, 2.05) is 13.0 Å². The number of amides is 1. The minimum Gasteiger partial charge on any atom is -0.413 e. The molecule has 1 aliphatic carbocycles. The van der Waals surface area contributed by atoms with Crippen LogP contribution in [-0.2, 0) is 20.9 Å². The van der Waals surface area contributed by atoms with Crippen LogP contribution in [-0.4, -0.2) is 39.6 Å². The minimum absolute atomic E-state index is 0.0466. The van der Waals surface area contributed by atoms with Crippen molar-refractivity contribution in [3.8, 4) is 0 Å². The Labute approximate surface area is 193 Å². The molecule has 0 bridgehead atoms. The van der Waals surface area contributed by atoms with E-state index in [1.54, 1.807) is 30.3 Å². The predicted molar refractivity (Wildman–Crippen MR) is 129 cm³/mol. The Hall–Kier alpha value is -1.96. The van der Waals surface area contributed by atoms with E-state index in [4.69, 9.17) is 4.43 Å². The first-order valence-electron chi connectivity index (χ1n) is 11.3. The summed E-state index contributed by atoms with van der Waals surface area (Å²) in [5.41, 5.74) is 3.60. The van der Waals surface area contributed by atoms with Crippen LogP contribution in [0.4, 0.5) is 0 Å². The third-order valence-corrected chi connectivity index (χ3v) is 13.7. The van der Waals surface area contributed by atoms with Gasteiger partial charge in [0.05, 0.1) is 11.0 Å². The maximum absolute atomic E-state index is 13.5.